The van der Waals surface area contributed by atoms with E-state index in [4.69, 9.17) is 21.5 Å². The second kappa shape index (κ2) is 8.71. The molecule has 0 bridgehead atoms. The summed E-state index contributed by atoms with van der Waals surface area (Å²) < 4.78 is 27.8. The van der Waals surface area contributed by atoms with Crippen LogP contribution in [0.1, 0.15) is 23.2 Å². The molecule has 0 fully saturated rings. The maximum Gasteiger partial charge on any atom is 0.255 e. The first-order valence-corrected chi connectivity index (χ1v) is 9.59. The molecule has 0 saturated heterocycles. The van der Waals surface area contributed by atoms with Crippen molar-refractivity contribution < 1.29 is 17.9 Å². The van der Waals surface area contributed by atoms with Crippen molar-refractivity contribution in [1.82, 2.24) is 5.32 Å². The summed E-state index contributed by atoms with van der Waals surface area (Å²) >= 11 is 9.39. The van der Waals surface area contributed by atoms with Crippen LogP contribution in [0.2, 0.25) is 0 Å². The molecule has 1 amide bonds. The summed E-state index contributed by atoms with van der Waals surface area (Å²) in [4.78, 5) is 12.0. The van der Waals surface area contributed by atoms with Gasteiger partial charge in [-0.25, -0.2) is 13.6 Å². The van der Waals surface area contributed by atoms with Crippen molar-refractivity contribution in [2.75, 3.05) is 19.0 Å². The van der Waals surface area contributed by atoms with Crippen molar-refractivity contribution in [3.63, 3.8) is 0 Å². The van der Waals surface area contributed by atoms with Crippen LogP contribution in [0.5, 0.6) is 5.75 Å². The lowest BCUT2D eigenvalue weighted by Crippen LogP contribution is -2.30. The number of amides is 1. The van der Waals surface area contributed by atoms with Gasteiger partial charge in [-0.15, -0.1) is 11.6 Å². The lowest BCUT2D eigenvalue weighted by molar-refractivity contribution is 0.0950. The van der Waals surface area contributed by atoms with Gasteiger partial charge in [0.1, 0.15) is 5.75 Å². The molecule has 0 heterocycles. The van der Waals surface area contributed by atoms with E-state index in [2.05, 4.69) is 21.2 Å². The van der Waals surface area contributed by atoms with Gasteiger partial charge in [0, 0.05) is 11.9 Å². The van der Waals surface area contributed by atoms with Crippen molar-refractivity contribution in [2.24, 2.45) is 5.14 Å². The number of alkyl halides is 2. The highest BCUT2D eigenvalue weighted by molar-refractivity contribution is 9.09. The number of sulfonamides is 1. The maximum atomic E-state index is 12.2. The molecule has 9 heteroatoms. The van der Waals surface area contributed by atoms with Gasteiger partial charge in [0.2, 0.25) is 10.0 Å². The molecule has 0 spiro atoms. The van der Waals surface area contributed by atoms with Crippen molar-refractivity contribution in [2.45, 2.75) is 23.1 Å². The van der Waals surface area contributed by atoms with Gasteiger partial charge in [0.15, 0.2) is 0 Å². The summed E-state index contributed by atoms with van der Waals surface area (Å²) in [7, 11) is -2.50. The first-order chi connectivity index (χ1) is 10.3. The summed E-state index contributed by atoms with van der Waals surface area (Å²) in [5.41, 5.74) is 0.0957. The minimum Gasteiger partial charge on any atom is -0.496 e. The van der Waals surface area contributed by atoms with Crippen molar-refractivity contribution in [1.29, 1.82) is 0 Å². The molecule has 0 aliphatic heterocycles. The topological polar surface area (TPSA) is 98.5 Å². The van der Waals surface area contributed by atoms with E-state index in [-0.39, 0.29) is 28.1 Å². The van der Waals surface area contributed by atoms with Gasteiger partial charge in [-0.2, -0.15) is 0 Å². The number of rotatable bonds is 8. The third-order valence-electron chi connectivity index (χ3n) is 2.88. The van der Waals surface area contributed by atoms with E-state index >= 15 is 0 Å². The number of hydrogen-bond donors (Lipinski definition) is 2. The van der Waals surface area contributed by atoms with Crippen LogP contribution in [0.3, 0.4) is 0 Å². The molecule has 0 aliphatic carbocycles. The number of ether oxygens (including phenoxy) is 1. The summed E-state index contributed by atoms with van der Waals surface area (Å²) in [5, 5.41) is 8.37. The maximum absolute atomic E-state index is 12.2. The number of nitrogens with two attached hydrogens (primary N) is 1. The van der Waals surface area contributed by atoms with Crippen LogP contribution in [-0.4, -0.2) is 38.7 Å². The average molecular weight is 414 g/mol. The smallest absolute Gasteiger partial charge is 0.255 e. The van der Waals surface area contributed by atoms with Crippen LogP contribution < -0.4 is 15.2 Å². The van der Waals surface area contributed by atoms with Gasteiger partial charge in [-0.3, -0.25) is 4.79 Å². The Morgan fingerprint density at radius 3 is 2.73 bits per heavy atom. The lowest BCUT2D eigenvalue weighted by atomic mass is 10.2. The Bertz CT molecular complexity index is 624. The Morgan fingerprint density at radius 2 is 2.18 bits per heavy atom. The molecule has 0 saturated carbocycles. The predicted molar refractivity (Wildman–Crippen MR) is 89.4 cm³/mol. The van der Waals surface area contributed by atoms with Crippen molar-refractivity contribution >= 4 is 43.5 Å². The number of benzene rings is 1. The molecule has 22 heavy (non-hydrogen) atoms. The standard InChI is InChI=1S/C13H18BrClN2O4S/c1-21-12-5-4-10(22(16,19)20)7-11(12)13(18)17-8-9(15)3-2-6-14/h4-5,7,9H,2-3,6,8H2,1H3,(H,17,18)(H2,16,19,20). The van der Waals surface area contributed by atoms with E-state index in [1.807, 2.05) is 0 Å². The zero-order valence-electron chi connectivity index (χ0n) is 12.0. The first kappa shape index (κ1) is 19.2. The Kier molecular flexibility index (Phi) is 7.61. The monoisotopic (exact) mass is 412 g/mol. The highest BCUT2D eigenvalue weighted by Crippen LogP contribution is 2.22. The van der Waals surface area contributed by atoms with Crippen molar-refractivity contribution in [3.8, 4) is 5.75 Å². The number of hydrogen-bond acceptors (Lipinski definition) is 4. The second-order valence-electron chi connectivity index (χ2n) is 4.55. The van der Waals surface area contributed by atoms with Gasteiger partial charge in [0.05, 0.1) is 22.9 Å². The SMILES string of the molecule is COc1ccc(S(N)(=O)=O)cc1C(=O)NCC(Cl)CCCBr. The molecule has 0 aliphatic rings. The summed E-state index contributed by atoms with van der Waals surface area (Å²) in [6.07, 6.45) is 1.65. The van der Waals surface area contributed by atoms with Crippen LogP contribution in [0.25, 0.3) is 0 Å². The third kappa shape index (κ3) is 5.75. The van der Waals surface area contributed by atoms with E-state index in [9.17, 15) is 13.2 Å². The van der Waals surface area contributed by atoms with E-state index in [0.717, 1.165) is 18.2 Å². The number of methoxy groups -OCH3 is 1. The minimum atomic E-state index is -3.89. The van der Waals surface area contributed by atoms with E-state index < -0.39 is 15.9 Å². The van der Waals surface area contributed by atoms with Gasteiger partial charge in [-0.05, 0) is 31.0 Å². The molecule has 0 aromatic heterocycles. The minimum absolute atomic E-state index is 0.0957. The largest absolute Gasteiger partial charge is 0.496 e. The molecule has 124 valence electrons. The summed E-state index contributed by atoms with van der Waals surface area (Å²) in [5.74, 6) is -0.205. The fourth-order valence-electron chi connectivity index (χ4n) is 1.74. The van der Waals surface area contributed by atoms with E-state index in [0.29, 0.717) is 0 Å². The Balaban J connectivity index is 2.87. The van der Waals surface area contributed by atoms with Gasteiger partial charge >= 0.3 is 0 Å². The van der Waals surface area contributed by atoms with Gasteiger partial charge in [0.25, 0.3) is 5.91 Å². The van der Waals surface area contributed by atoms with E-state index in [1.54, 1.807) is 0 Å². The number of halogens is 2. The zero-order valence-corrected chi connectivity index (χ0v) is 15.2. The second-order valence-corrected chi connectivity index (χ2v) is 7.52. The zero-order chi connectivity index (χ0) is 16.8. The number of carbonyl (C=O) groups excluding carboxylic acids is 1. The average Bonchev–Trinajstić information content (AvgIpc) is 2.48. The van der Waals surface area contributed by atoms with Crippen LogP contribution in [0.15, 0.2) is 23.1 Å². The van der Waals surface area contributed by atoms with Crippen LogP contribution >= 0.6 is 27.5 Å². The molecule has 1 rings (SSSR count). The van der Waals surface area contributed by atoms with Crippen molar-refractivity contribution in [3.05, 3.63) is 23.8 Å². The van der Waals surface area contributed by atoms with E-state index in [1.165, 1.54) is 25.3 Å². The number of primary sulfonamides is 1. The fourth-order valence-corrected chi connectivity index (χ4v) is 2.84. The Morgan fingerprint density at radius 1 is 1.50 bits per heavy atom. The number of nitrogens with one attached hydrogen (secondary N) is 1. The highest BCUT2D eigenvalue weighted by Gasteiger charge is 2.18. The number of carbonyl (C=O) groups is 1. The Hall–Kier alpha value is -0.830. The normalized spacial score (nSPS) is 12.7. The molecule has 1 aromatic rings. The first-order valence-electron chi connectivity index (χ1n) is 6.48. The van der Waals surface area contributed by atoms with Gasteiger partial charge < -0.3 is 10.1 Å². The summed E-state index contributed by atoms with van der Waals surface area (Å²) in [6, 6.07) is 3.86. The molecule has 0 radical (unpaired) electrons. The molecular formula is C13H18BrClN2O4S. The fraction of sp³-hybridized carbons (Fsp3) is 0.462. The molecule has 3 N–H and O–H groups in total. The van der Waals surface area contributed by atoms with Crippen LogP contribution in [0, 0.1) is 0 Å². The molecule has 1 atom stereocenters. The molecule has 6 nitrogen and oxygen atoms in total. The molecular weight excluding hydrogens is 396 g/mol. The Labute approximate surface area is 143 Å². The molecule has 1 aromatic carbocycles. The quantitative estimate of drug-likeness (QED) is 0.635. The van der Waals surface area contributed by atoms with Crippen LogP contribution in [-0.2, 0) is 10.0 Å². The molecule has 1 unspecified atom stereocenters. The van der Waals surface area contributed by atoms with Gasteiger partial charge in [-0.1, -0.05) is 15.9 Å². The summed E-state index contributed by atoms with van der Waals surface area (Å²) in [6.45, 7) is 0.274. The third-order valence-corrected chi connectivity index (χ3v) is 4.72. The lowest BCUT2D eigenvalue weighted by Gasteiger charge is -2.13. The highest BCUT2D eigenvalue weighted by atomic mass is 79.9. The predicted octanol–water partition coefficient (Wildman–Crippen LogP) is 1.85. The van der Waals surface area contributed by atoms with Crippen LogP contribution in [0.4, 0.5) is 0 Å².